The highest BCUT2D eigenvalue weighted by molar-refractivity contribution is 5.89. The second-order valence-corrected chi connectivity index (χ2v) is 11.4. The standard InChI is InChI=1S/C28H37F2N3O3.C2HF3O2/c1-17(2)35-24-9-6-19(14-25(24)36-18(3)4)28-11-10-21(16-26(28)33(5)13-12-28)32-27(34)31-20-7-8-22(29)23(30)15-20;3-2(4,5)1(6)7/h6-9,14-15,17-18,21,26H,10-13,16H2,1-5H3,(H2,31,32,34);(H,6,7). The van der Waals surface area contributed by atoms with Crippen molar-refractivity contribution in [3.8, 4) is 11.5 Å². The number of likely N-dealkylation sites (tertiary alicyclic amines) is 1. The van der Waals surface area contributed by atoms with Crippen molar-refractivity contribution in [1.82, 2.24) is 10.2 Å². The highest BCUT2D eigenvalue weighted by atomic mass is 19.4. The molecule has 1 saturated carbocycles. The van der Waals surface area contributed by atoms with E-state index < -0.39 is 29.8 Å². The van der Waals surface area contributed by atoms with Crippen LogP contribution in [0, 0.1) is 11.6 Å². The molecule has 43 heavy (non-hydrogen) atoms. The molecule has 2 aromatic rings. The fraction of sp³-hybridized carbons (Fsp3) is 0.533. The first-order chi connectivity index (χ1) is 20.0. The Kier molecular flexibility index (Phi) is 10.9. The summed E-state index contributed by atoms with van der Waals surface area (Å²) in [5.74, 6) is -3.17. The number of urea groups is 1. The molecule has 2 aromatic carbocycles. The minimum absolute atomic E-state index is 0.0242. The van der Waals surface area contributed by atoms with Gasteiger partial charge in [-0.25, -0.2) is 18.4 Å². The smallest absolute Gasteiger partial charge is 0.487 e. The molecule has 0 spiro atoms. The van der Waals surface area contributed by atoms with Gasteiger partial charge < -0.3 is 30.1 Å². The maximum atomic E-state index is 13.5. The average Bonchev–Trinajstić information content (AvgIpc) is 3.23. The van der Waals surface area contributed by atoms with Gasteiger partial charge in [0, 0.05) is 29.3 Å². The second kappa shape index (κ2) is 13.8. The summed E-state index contributed by atoms with van der Waals surface area (Å²) in [6.07, 6.45) is -1.43. The topological polar surface area (TPSA) is 100 Å². The van der Waals surface area contributed by atoms with E-state index in [-0.39, 0.29) is 35.4 Å². The molecule has 13 heteroatoms. The van der Waals surface area contributed by atoms with E-state index in [1.165, 1.54) is 11.6 Å². The fourth-order valence-corrected chi connectivity index (χ4v) is 5.69. The third kappa shape index (κ3) is 8.71. The Labute approximate surface area is 247 Å². The summed E-state index contributed by atoms with van der Waals surface area (Å²) in [5, 5.41) is 12.8. The van der Waals surface area contributed by atoms with Crippen LogP contribution in [0.25, 0.3) is 0 Å². The lowest BCUT2D eigenvalue weighted by Crippen LogP contribution is -2.52. The first-order valence-corrected chi connectivity index (χ1v) is 14.0. The Morgan fingerprint density at radius 2 is 1.60 bits per heavy atom. The molecule has 1 aliphatic carbocycles. The van der Waals surface area contributed by atoms with Crippen LogP contribution in [-0.4, -0.2) is 66.1 Å². The highest BCUT2D eigenvalue weighted by Crippen LogP contribution is 2.50. The minimum atomic E-state index is -5.08. The Morgan fingerprint density at radius 3 is 2.19 bits per heavy atom. The van der Waals surface area contributed by atoms with E-state index >= 15 is 0 Å². The van der Waals surface area contributed by atoms with Gasteiger partial charge in [-0.1, -0.05) is 6.07 Å². The van der Waals surface area contributed by atoms with Crippen molar-refractivity contribution in [1.29, 1.82) is 0 Å². The molecule has 2 fully saturated rings. The number of carboxylic acids is 1. The van der Waals surface area contributed by atoms with E-state index in [4.69, 9.17) is 19.4 Å². The van der Waals surface area contributed by atoms with E-state index in [1.807, 2.05) is 33.8 Å². The molecule has 8 nitrogen and oxygen atoms in total. The van der Waals surface area contributed by atoms with Crippen LogP contribution in [0.2, 0.25) is 0 Å². The minimum Gasteiger partial charge on any atom is -0.487 e. The van der Waals surface area contributed by atoms with E-state index in [0.717, 1.165) is 55.9 Å². The number of hydrogen-bond donors (Lipinski definition) is 3. The normalized spacial score (nSPS) is 22.0. The first kappa shape index (κ1) is 33.9. The first-order valence-electron chi connectivity index (χ1n) is 14.0. The predicted octanol–water partition coefficient (Wildman–Crippen LogP) is 6.49. The number of aliphatic carboxylic acids is 1. The zero-order valence-corrected chi connectivity index (χ0v) is 24.7. The molecule has 3 atom stereocenters. The van der Waals surface area contributed by atoms with Crippen LogP contribution < -0.4 is 20.1 Å². The number of carboxylic acid groups (broad SMARTS) is 1. The number of amides is 2. The molecule has 3 N–H and O–H groups in total. The molecule has 4 rings (SSSR count). The summed E-state index contributed by atoms with van der Waals surface area (Å²) >= 11 is 0. The molecule has 0 radical (unpaired) electrons. The van der Waals surface area contributed by atoms with Crippen LogP contribution in [0.15, 0.2) is 36.4 Å². The van der Waals surface area contributed by atoms with Crippen molar-refractivity contribution in [2.45, 2.75) is 89.3 Å². The third-order valence-corrected chi connectivity index (χ3v) is 7.53. The Bertz CT molecular complexity index is 1290. The predicted molar refractivity (Wildman–Crippen MR) is 151 cm³/mol. The van der Waals surface area contributed by atoms with Gasteiger partial charge in [0.25, 0.3) is 0 Å². The summed E-state index contributed by atoms with van der Waals surface area (Å²) in [6.45, 7) is 9.01. The summed E-state index contributed by atoms with van der Waals surface area (Å²) in [5.41, 5.74) is 1.43. The van der Waals surface area contributed by atoms with E-state index in [1.54, 1.807) is 0 Å². The van der Waals surface area contributed by atoms with Crippen molar-refractivity contribution >= 4 is 17.7 Å². The quantitative estimate of drug-likeness (QED) is 0.308. The Hall–Kier alpha value is -3.61. The number of rotatable bonds is 7. The van der Waals surface area contributed by atoms with Crippen LogP contribution in [0.1, 0.15) is 58.9 Å². The Morgan fingerprint density at radius 1 is 0.977 bits per heavy atom. The largest absolute Gasteiger partial charge is 0.490 e. The zero-order valence-electron chi connectivity index (χ0n) is 24.7. The van der Waals surface area contributed by atoms with Gasteiger partial charge in [0.1, 0.15) is 0 Å². The molecule has 0 aromatic heterocycles. The van der Waals surface area contributed by atoms with Gasteiger partial charge in [-0.2, -0.15) is 13.2 Å². The molecule has 1 aliphatic heterocycles. The van der Waals surface area contributed by atoms with Crippen molar-refractivity contribution in [2.24, 2.45) is 0 Å². The lowest BCUT2D eigenvalue weighted by Gasteiger charge is -2.45. The van der Waals surface area contributed by atoms with Gasteiger partial charge in [-0.15, -0.1) is 0 Å². The number of nitrogens with zero attached hydrogens (tertiary/aromatic N) is 1. The summed E-state index contributed by atoms with van der Waals surface area (Å²) in [6, 6.07) is 9.48. The molecule has 2 amide bonds. The van der Waals surface area contributed by atoms with Crippen LogP contribution in [0.5, 0.6) is 11.5 Å². The SMILES string of the molecule is CC(C)Oc1ccc(C23CCC(NC(=O)Nc4ccc(F)c(F)c4)CC2N(C)CC3)cc1OC(C)C.O=C(O)C(F)(F)F. The summed E-state index contributed by atoms with van der Waals surface area (Å²) < 4.78 is 70.6. The summed E-state index contributed by atoms with van der Waals surface area (Å²) in [7, 11) is 2.14. The van der Waals surface area contributed by atoms with Crippen LogP contribution in [0.3, 0.4) is 0 Å². The molecule has 238 valence electrons. The maximum absolute atomic E-state index is 13.5. The van der Waals surface area contributed by atoms with Crippen molar-refractivity contribution in [3.63, 3.8) is 0 Å². The van der Waals surface area contributed by atoms with Gasteiger partial charge in [0.2, 0.25) is 0 Å². The average molecular weight is 616 g/mol. The van der Waals surface area contributed by atoms with Crippen molar-refractivity contribution in [3.05, 3.63) is 53.6 Å². The molecule has 1 heterocycles. The number of anilines is 1. The Balaban J connectivity index is 0.000000646. The second-order valence-electron chi connectivity index (χ2n) is 11.4. The summed E-state index contributed by atoms with van der Waals surface area (Å²) in [4.78, 5) is 23.9. The molecular formula is C30H38F5N3O5. The number of alkyl halides is 3. The van der Waals surface area contributed by atoms with Gasteiger partial charge in [0.15, 0.2) is 23.1 Å². The zero-order chi connectivity index (χ0) is 32.1. The number of benzene rings is 2. The van der Waals surface area contributed by atoms with Crippen molar-refractivity contribution < 1.29 is 46.1 Å². The number of carbonyl (C=O) groups excluding carboxylic acids is 1. The lowest BCUT2D eigenvalue weighted by molar-refractivity contribution is -0.192. The highest BCUT2D eigenvalue weighted by Gasteiger charge is 2.50. The van der Waals surface area contributed by atoms with Crippen LogP contribution >= 0.6 is 0 Å². The number of fused-ring (bicyclic) bond motifs is 1. The number of likely N-dealkylation sites (N-methyl/N-ethyl adjacent to an activating group) is 1. The molecule has 1 saturated heterocycles. The van der Waals surface area contributed by atoms with E-state index in [0.29, 0.717) is 0 Å². The maximum Gasteiger partial charge on any atom is 0.490 e. The number of hydrogen-bond acceptors (Lipinski definition) is 5. The number of carbonyl (C=O) groups is 2. The molecule has 0 bridgehead atoms. The van der Waals surface area contributed by atoms with Crippen molar-refractivity contribution in [2.75, 3.05) is 18.9 Å². The molecule has 3 unspecified atom stereocenters. The van der Waals surface area contributed by atoms with Crippen LogP contribution in [0.4, 0.5) is 32.4 Å². The van der Waals surface area contributed by atoms with Gasteiger partial charge in [-0.05, 0) is 96.8 Å². The van der Waals surface area contributed by atoms with E-state index in [2.05, 4.69) is 34.7 Å². The monoisotopic (exact) mass is 615 g/mol. The molecule has 2 aliphatic rings. The van der Waals surface area contributed by atoms with Crippen LogP contribution in [-0.2, 0) is 10.2 Å². The third-order valence-electron chi connectivity index (χ3n) is 7.53. The number of halogens is 5. The van der Waals surface area contributed by atoms with Gasteiger partial charge in [0.05, 0.1) is 12.2 Å². The van der Waals surface area contributed by atoms with Gasteiger partial charge in [-0.3, -0.25) is 0 Å². The van der Waals surface area contributed by atoms with Gasteiger partial charge >= 0.3 is 18.2 Å². The number of ether oxygens (including phenoxy) is 2. The fourth-order valence-electron chi connectivity index (χ4n) is 5.69. The molecular weight excluding hydrogens is 577 g/mol. The lowest BCUT2D eigenvalue weighted by atomic mass is 9.65. The number of nitrogens with one attached hydrogen (secondary N) is 2. The van der Waals surface area contributed by atoms with E-state index in [9.17, 15) is 26.7 Å².